The monoisotopic (exact) mass is 310 g/mol. The fourth-order valence-electron chi connectivity index (χ4n) is 2.93. The lowest BCUT2D eigenvalue weighted by molar-refractivity contribution is -0.133. The average molecular weight is 310 g/mol. The second-order valence-electron chi connectivity index (χ2n) is 6.50. The van der Waals surface area contributed by atoms with Crippen LogP contribution < -0.4 is 0 Å². The van der Waals surface area contributed by atoms with Crippen LogP contribution in [0.25, 0.3) is 0 Å². The molecule has 0 N–H and O–H groups in total. The fraction of sp³-hybridized carbons (Fsp3) is 0.450. The molecule has 1 aliphatic rings. The van der Waals surface area contributed by atoms with Gasteiger partial charge in [0.1, 0.15) is 0 Å². The summed E-state index contributed by atoms with van der Waals surface area (Å²) in [5.74, 6) is 0.648. The van der Waals surface area contributed by atoms with Crippen molar-refractivity contribution in [1.82, 2.24) is 9.47 Å². The molecular formula is C20H26N2O. The minimum absolute atomic E-state index is 0.296. The molecule has 0 unspecified atom stereocenters. The minimum atomic E-state index is 0.296. The zero-order valence-corrected chi connectivity index (χ0v) is 13.9. The normalized spacial score (nSPS) is 14.0. The first-order chi connectivity index (χ1) is 11.3. The van der Waals surface area contributed by atoms with Crippen molar-refractivity contribution < 1.29 is 4.79 Å². The molecule has 2 aromatic rings. The smallest absolute Gasteiger partial charge is 0.226 e. The number of amides is 1. The van der Waals surface area contributed by atoms with Gasteiger partial charge in [-0.15, -0.1) is 0 Å². The summed E-state index contributed by atoms with van der Waals surface area (Å²) in [7, 11) is 0. The van der Waals surface area contributed by atoms with Crippen molar-refractivity contribution in [1.29, 1.82) is 0 Å². The zero-order chi connectivity index (χ0) is 16.1. The molecule has 0 spiro atoms. The topological polar surface area (TPSA) is 25.2 Å². The van der Waals surface area contributed by atoms with E-state index in [1.54, 1.807) is 0 Å². The molecule has 1 fully saturated rings. The second kappa shape index (κ2) is 7.49. The highest BCUT2D eigenvalue weighted by molar-refractivity contribution is 5.81. The predicted octanol–water partition coefficient (Wildman–Crippen LogP) is 4.08. The van der Waals surface area contributed by atoms with E-state index in [9.17, 15) is 4.79 Å². The molecule has 1 aromatic carbocycles. The van der Waals surface area contributed by atoms with Crippen LogP contribution in [-0.2, 0) is 17.9 Å². The Morgan fingerprint density at radius 1 is 1.17 bits per heavy atom. The molecule has 1 aliphatic carbocycles. The van der Waals surface area contributed by atoms with Crippen molar-refractivity contribution >= 4 is 5.91 Å². The Balaban J connectivity index is 1.70. The maximum atomic E-state index is 12.5. The van der Waals surface area contributed by atoms with Crippen LogP contribution in [0.4, 0.5) is 0 Å². The van der Waals surface area contributed by atoms with Gasteiger partial charge in [0.2, 0.25) is 5.91 Å². The number of carbonyl (C=O) groups is 1. The van der Waals surface area contributed by atoms with E-state index in [0.717, 1.165) is 45.3 Å². The number of carbonyl (C=O) groups excluding carboxylic acids is 1. The van der Waals surface area contributed by atoms with Crippen LogP contribution in [0.15, 0.2) is 48.7 Å². The van der Waals surface area contributed by atoms with E-state index in [1.165, 1.54) is 11.3 Å². The van der Waals surface area contributed by atoms with Crippen LogP contribution in [0.1, 0.15) is 43.9 Å². The highest BCUT2D eigenvalue weighted by Crippen LogP contribution is 2.31. The van der Waals surface area contributed by atoms with Gasteiger partial charge in [0, 0.05) is 30.9 Å². The Hall–Kier alpha value is -2.03. The van der Waals surface area contributed by atoms with E-state index in [2.05, 4.69) is 59.0 Å². The first-order valence-electron chi connectivity index (χ1n) is 8.74. The first-order valence-corrected chi connectivity index (χ1v) is 8.74. The van der Waals surface area contributed by atoms with Crippen LogP contribution in [0, 0.1) is 5.92 Å². The van der Waals surface area contributed by atoms with Crippen molar-refractivity contribution in [2.45, 2.75) is 45.7 Å². The summed E-state index contributed by atoms with van der Waals surface area (Å²) in [6.45, 7) is 4.65. The lowest BCUT2D eigenvalue weighted by Gasteiger charge is -2.23. The van der Waals surface area contributed by atoms with Crippen molar-refractivity contribution in [2.75, 3.05) is 6.54 Å². The van der Waals surface area contributed by atoms with Gasteiger partial charge in [-0.3, -0.25) is 4.79 Å². The van der Waals surface area contributed by atoms with E-state index < -0.39 is 0 Å². The molecule has 0 aliphatic heterocycles. The molecule has 23 heavy (non-hydrogen) atoms. The Morgan fingerprint density at radius 2 is 1.96 bits per heavy atom. The van der Waals surface area contributed by atoms with Gasteiger partial charge in [0.05, 0.1) is 6.54 Å². The Bertz CT molecular complexity index is 628. The molecule has 1 amide bonds. The summed E-state index contributed by atoms with van der Waals surface area (Å²) < 4.78 is 2.26. The van der Waals surface area contributed by atoms with Crippen LogP contribution in [0.5, 0.6) is 0 Å². The summed E-state index contributed by atoms with van der Waals surface area (Å²) in [6, 6.07) is 14.7. The summed E-state index contributed by atoms with van der Waals surface area (Å²) in [6.07, 6.45) is 6.47. The van der Waals surface area contributed by atoms with Crippen LogP contribution in [0.2, 0.25) is 0 Å². The lowest BCUT2D eigenvalue weighted by Crippen LogP contribution is -2.33. The van der Waals surface area contributed by atoms with E-state index in [1.807, 2.05) is 6.07 Å². The van der Waals surface area contributed by atoms with E-state index in [-0.39, 0.29) is 0 Å². The lowest BCUT2D eigenvalue weighted by atomic mass is 10.2. The SMILES string of the molecule is CCCCN(Cc1cccn1Cc1ccccc1)C(=O)C1CC1. The van der Waals surface area contributed by atoms with Gasteiger partial charge in [-0.05, 0) is 37.0 Å². The second-order valence-corrected chi connectivity index (χ2v) is 6.50. The average Bonchev–Trinajstić information content (AvgIpc) is 3.34. The zero-order valence-electron chi connectivity index (χ0n) is 13.9. The maximum absolute atomic E-state index is 12.5. The number of nitrogens with zero attached hydrogens (tertiary/aromatic N) is 2. The van der Waals surface area contributed by atoms with E-state index >= 15 is 0 Å². The number of hydrogen-bond donors (Lipinski definition) is 0. The molecule has 0 bridgehead atoms. The molecule has 1 heterocycles. The highest BCUT2D eigenvalue weighted by Gasteiger charge is 2.33. The summed E-state index contributed by atoms with van der Waals surface area (Å²) in [4.78, 5) is 14.6. The number of aromatic nitrogens is 1. The molecule has 0 saturated heterocycles. The first kappa shape index (κ1) is 15.9. The number of hydrogen-bond acceptors (Lipinski definition) is 1. The molecule has 3 heteroatoms. The van der Waals surface area contributed by atoms with E-state index in [0.29, 0.717) is 11.8 Å². The van der Waals surface area contributed by atoms with Gasteiger partial charge < -0.3 is 9.47 Å². The van der Waals surface area contributed by atoms with Gasteiger partial charge in [-0.2, -0.15) is 0 Å². The van der Waals surface area contributed by atoms with Crippen molar-refractivity contribution in [3.05, 3.63) is 59.9 Å². The van der Waals surface area contributed by atoms with Crippen LogP contribution >= 0.6 is 0 Å². The molecular weight excluding hydrogens is 284 g/mol. The summed E-state index contributed by atoms with van der Waals surface area (Å²) in [5.41, 5.74) is 2.51. The number of rotatable bonds is 8. The third-order valence-corrected chi connectivity index (χ3v) is 4.49. The van der Waals surface area contributed by atoms with E-state index in [4.69, 9.17) is 0 Å². The quantitative estimate of drug-likeness (QED) is 0.721. The molecule has 1 saturated carbocycles. The van der Waals surface area contributed by atoms with Gasteiger partial charge >= 0.3 is 0 Å². The molecule has 0 atom stereocenters. The van der Waals surface area contributed by atoms with Gasteiger partial charge in [0.15, 0.2) is 0 Å². The van der Waals surface area contributed by atoms with Crippen LogP contribution in [0.3, 0.4) is 0 Å². The standard InChI is InChI=1S/C20H26N2O/c1-2-3-13-22(20(23)18-11-12-18)16-19-10-7-14-21(19)15-17-8-5-4-6-9-17/h4-10,14,18H,2-3,11-13,15-16H2,1H3. The van der Waals surface area contributed by atoms with Gasteiger partial charge in [-0.1, -0.05) is 43.7 Å². The molecule has 122 valence electrons. The highest BCUT2D eigenvalue weighted by atomic mass is 16.2. The summed E-state index contributed by atoms with van der Waals surface area (Å²) in [5, 5.41) is 0. The van der Waals surface area contributed by atoms with Crippen molar-refractivity contribution in [3.63, 3.8) is 0 Å². The van der Waals surface area contributed by atoms with Crippen LogP contribution in [-0.4, -0.2) is 21.9 Å². The Kier molecular flexibility index (Phi) is 5.16. The van der Waals surface area contributed by atoms with Gasteiger partial charge in [0.25, 0.3) is 0 Å². The Morgan fingerprint density at radius 3 is 2.65 bits per heavy atom. The third-order valence-electron chi connectivity index (χ3n) is 4.49. The van der Waals surface area contributed by atoms with Crippen molar-refractivity contribution in [3.8, 4) is 0 Å². The predicted molar refractivity (Wildman–Crippen MR) is 93.0 cm³/mol. The van der Waals surface area contributed by atoms with Gasteiger partial charge in [-0.25, -0.2) is 0 Å². The third kappa shape index (κ3) is 4.25. The largest absolute Gasteiger partial charge is 0.345 e. The number of unbranched alkanes of at least 4 members (excludes halogenated alkanes) is 1. The minimum Gasteiger partial charge on any atom is -0.345 e. The maximum Gasteiger partial charge on any atom is 0.226 e. The molecule has 3 nitrogen and oxygen atoms in total. The summed E-state index contributed by atoms with van der Waals surface area (Å²) >= 11 is 0. The molecule has 1 aromatic heterocycles. The molecule has 0 radical (unpaired) electrons. The Labute approximate surface area is 138 Å². The molecule has 3 rings (SSSR count). The van der Waals surface area contributed by atoms with Crippen molar-refractivity contribution in [2.24, 2.45) is 5.92 Å². The number of benzene rings is 1. The fourth-order valence-corrected chi connectivity index (χ4v) is 2.93.